The van der Waals surface area contributed by atoms with Crippen LogP contribution in [0.5, 0.6) is 5.75 Å². The van der Waals surface area contributed by atoms with Crippen LogP contribution in [-0.4, -0.2) is 17.6 Å². The Morgan fingerprint density at radius 2 is 1.77 bits per heavy atom. The quantitative estimate of drug-likeness (QED) is 0.794. The van der Waals surface area contributed by atoms with Gasteiger partial charge in [-0.05, 0) is 57.2 Å². The Kier molecular flexibility index (Phi) is 5.83. The molecule has 1 aromatic rings. The van der Waals surface area contributed by atoms with Crippen molar-refractivity contribution in [1.82, 2.24) is 5.32 Å². The number of hydrogen-bond acceptors (Lipinski definition) is 3. The monoisotopic (exact) mass is 304 g/mol. The van der Waals surface area contributed by atoms with Crippen LogP contribution in [0.3, 0.4) is 0 Å². The van der Waals surface area contributed by atoms with Gasteiger partial charge in [-0.1, -0.05) is 25.0 Å². The van der Waals surface area contributed by atoms with E-state index in [0.717, 1.165) is 24.2 Å². The molecule has 22 heavy (non-hydrogen) atoms. The Morgan fingerprint density at radius 1 is 1.18 bits per heavy atom. The normalized spacial score (nSPS) is 17.0. The van der Waals surface area contributed by atoms with E-state index < -0.39 is 5.54 Å². The standard InChI is InChI=1S/C18H28N2O2/c1-18(2,17(19)21)20-13-14-9-11-16(12-10-14)22-15-7-5-3-4-6-8-15/h9-12,15,20H,3-8,13H2,1-2H3,(H2,19,21). The zero-order valence-corrected chi connectivity index (χ0v) is 13.7. The molecule has 0 bridgehead atoms. The number of carbonyl (C=O) groups excluding carboxylic acids is 1. The summed E-state index contributed by atoms with van der Waals surface area (Å²) >= 11 is 0. The molecule has 0 aromatic heterocycles. The maximum Gasteiger partial charge on any atom is 0.237 e. The second-order valence-corrected chi connectivity index (χ2v) is 6.72. The van der Waals surface area contributed by atoms with Gasteiger partial charge in [-0.15, -0.1) is 0 Å². The Labute approximate surface area is 133 Å². The van der Waals surface area contributed by atoms with Crippen molar-refractivity contribution in [3.05, 3.63) is 29.8 Å². The molecule has 1 saturated carbocycles. The van der Waals surface area contributed by atoms with Gasteiger partial charge in [-0.2, -0.15) is 0 Å². The lowest BCUT2D eigenvalue weighted by Crippen LogP contribution is -2.50. The van der Waals surface area contributed by atoms with Crippen LogP contribution < -0.4 is 15.8 Å². The summed E-state index contributed by atoms with van der Waals surface area (Å²) in [5.74, 6) is 0.589. The number of benzene rings is 1. The van der Waals surface area contributed by atoms with Crippen LogP contribution in [0.1, 0.15) is 57.9 Å². The predicted octanol–water partition coefficient (Wildman–Crippen LogP) is 3.14. The van der Waals surface area contributed by atoms with E-state index in [4.69, 9.17) is 10.5 Å². The number of hydrogen-bond donors (Lipinski definition) is 2. The summed E-state index contributed by atoms with van der Waals surface area (Å²) < 4.78 is 6.08. The Hall–Kier alpha value is -1.55. The molecule has 2 rings (SSSR count). The Balaban J connectivity index is 1.86. The highest BCUT2D eigenvalue weighted by molar-refractivity contribution is 5.83. The van der Waals surface area contributed by atoms with Crippen molar-refractivity contribution in [2.45, 2.75) is 70.6 Å². The van der Waals surface area contributed by atoms with Crippen LogP contribution in [0.15, 0.2) is 24.3 Å². The van der Waals surface area contributed by atoms with Gasteiger partial charge in [0.1, 0.15) is 5.75 Å². The van der Waals surface area contributed by atoms with Gasteiger partial charge in [0.05, 0.1) is 11.6 Å². The molecule has 0 radical (unpaired) electrons. The third-order valence-corrected chi connectivity index (χ3v) is 4.38. The molecule has 3 N–H and O–H groups in total. The van der Waals surface area contributed by atoms with E-state index in [1.165, 1.54) is 25.7 Å². The molecular weight excluding hydrogens is 276 g/mol. The molecular formula is C18H28N2O2. The van der Waals surface area contributed by atoms with Crippen molar-refractivity contribution >= 4 is 5.91 Å². The lowest BCUT2D eigenvalue weighted by Gasteiger charge is -2.22. The fourth-order valence-electron chi connectivity index (χ4n) is 2.65. The van der Waals surface area contributed by atoms with Crippen LogP contribution in [0.4, 0.5) is 0 Å². The van der Waals surface area contributed by atoms with Crippen molar-refractivity contribution in [3.63, 3.8) is 0 Å². The number of amides is 1. The van der Waals surface area contributed by atoms with Gasteiger partial charge in [0.15, 0.2) is 0 Å². The number of nitrogens with one attached hydrogen (secondary N) is 1. The highest BCUT2D eigenvalue weighted by atomic mass is 16.5. The van der Waals surface area contributed by atoms with Crippen molar-refractivity contribution in [1.29, 1.82) is 0 Å². The van der Waals surface area contributed by atoms with Gasteiger partial charge in [0.2, 0.25) is 5.91 Å². The lowest BCUT2D eigenvalue weighted by atomic mass is 10.0. The smallest absolute Gasteiger partial charge is 0.237 e. The van der Waals surface area contributed by atoms with Crippen molar-refractivity contribution in [3.8, 4) is 5.75 Å². The van der Waals surface area contributed by atoms with Gasteiger partial charge in [0, 0.05) is 6.54 Å². The first-order valence-corrected chi connectivity index (χ1v) is 8.28. The molecule has 1 aliphatic carbocycles. The van der Waals surface area contributed by atoms with Gasteiger partial charge in [-0.25, -0.2) is 0 Å². The van der Waals surface area contributed by atoms with Crippen LogP contribution in [0, 0.1) is 0 Å². The SMILES string of the molecule is CC(C)(NCc1ccc(OC2CCCCCC2)cc1)C(N)=O. The molecule has 1 aliphatic rings. The summed E-state index contributed by atoms with van der Waals surface area (Å²) in [7, 11) is 0. The molecule has 0 unspecified atom stereocenters. The van der Waals surface area contributed by atoms with Crippen LogP contribution >= 0.6 is 0 Å². The summed E-state index contributed by atoms with van der Waals surface area (Å²) in [6, 6.07) is 8.10. The maximum atomic E-state index is 11.3. The molecule has 1 aromatic carbocycles. The highest BCUT2D eigenvalue weighted by Gasteiger charge is 2.23. The van der Waals surface area contributed by atoms with E-state index >= 15 is 0 Å². The van der Waals surface area contributed by atoms with Crippen molar-refractivity contribution in [2.24, 2.45) is 5.73 Å². The molecule has 1 amide bonds. The minimum Gasteiger partial charge on any atom is -0.490 e. The fourth-order valence-corrected chi connectivity index (χ4v) is 2.65. The number of rotatable bonds is 6. The van der Waals surface area contributed by atoms with E-state index in [-0.39, 0.29) is 5.91 Å². The molecule has 0 atom stereocenters. The van der Waals surface area contributed by atoms with Crippen LogP contribution in [0.25, 0.3) is 0 Å². The van der Waals surface area contributed by atoms with E-state index in [1.54, 1.807) is 13.8 Å². The summed E-state index contributed by atoms with van der Waals surface area (Å²) in [4.78, 5) is 11.3. The van der Waals surface area contributed by atoms with Gasteiger partial charge < -0.3 is 10.5 Å². The Morgan fingerprint density at radius 3 is 2.32 bits per heavy atom. The zero-order valence-electron chi connectivity index (χ0n) is 13.7. The van der Waals surface area contributed by atoms with Crippen LogP contribution in [-0.2, 0) is 11.3 Å². The molecule has 4 heteroatoms. The second kappa shape index (κ2) is 7.63. The Bertz CT molecular complexity index is 474. The minimum absolute atomic E-state index is 0.346. The molecule has 1 fully saturated rings. The van der Waals surface area contributed by atoms with Gasteiger partial charge in [-0.3, -0.25) is 10.1 Å². The van der Waals surface area contributed by atoms with Crippen molar-refractivity contribution < 1.29 is 9.53 Å². The molecule has 122 valence electrons. The minimum atomic E-state index is -0.699. The molecule has 0 heterocycles. The third-order valence-electron chi connectivity index (χ3n) is 4.38. The lowest BCUT2D eigenvalue weighted by molar-refractivity contribution is -0.123. The third kappa shape index (κ3) is 5.02. The average molecular weight is 304 g/mol. The number of carbonyl (C=O) groups is 1. The predicted molar refractivity (Wildman–Crippen MR) is 88.7 cm³/mol. The van der Waals surface area contributed by atoms with Gasteiger partial charge >= 0.3 is 0 Å². The summed E-state index contributed by atoms with van der Waals surface area (Å²) in [5, 5.41) is 3.17. The van der Waals surface area contributed by atoms with Gasteiger partial charge in [0.25, 0.3) is 0 Å². The van der Waals surface area contributed by atoms with E-state index in [0.29, 0.717) is 12.6 Å². The topological polar surface area (TPSA) is 64.3 Å². The van der Waals surface area contributed by atoms with E-state index in [1.807, 2.05) is 24.3 Å². The number of primary amides is 1. The molecule has 4 nitrogen and oxygen atoms in total. The maximum absolute atomic E-state index is 11.3. The summed E-state index contributed by atoms with van der Waals surface area (Å²) in [6.45, 7) is 4.19. The highest BCUT2D eigenvalue weighted by Crippen LogP contribution is 2.23. The second-order valence-electron chi connectivity index (χ2n) is 6.72. The number of nitrogens with two attached hydrogens (primary N) is 1. The largest absolute Gasteiger partial charge is 0.490 e. The van der Waals surface area contributed by atoms with E-state index in [9.17, 15) is 4.79 Å². The number of ether oxygens (including phenoxy) is 1. The summed E-state index contributed by atoms with van der Waals surface area (Å²) in [6.07, 6.45) is 7.90. The van der Waals surface area contributed by atoms with E-state index in [2.05, 4.69) is 5.32 Å². The molecule has 0 aliphatic heterocycles. The first-order chi connectivity index (χ1) is 10.5. The fraction of sp³-hybridized carbons (Fsp3) is 0.611. The zero-order chi connectivity index (χ0) is 16.0. The average Bonchev–Trinajstić information content (AvgIpc) is 2.75. The van der Waals surface area contributed by atoms with Crippen LogP contribution in [0.2, 0.25) is 0 Å². The first-order valence-electron chi connectivity index (χ1n) is 8.28. The molecule has 0 saturated heterocycles. The molecule has 0 spiro atoms. The first kappa shape index (κ1) is 16.8. The van der Waals surface area contributed by atoms with Crippen molar-refractivity contribution in [2.75, 3.05) is 0 Å². The summed E-state index contributed by atoms with van der Waals surface area (Å²) in [5.41, 5.74) is 5.77.